The lowest BCUT2D eigenvalue weighted by atomic mass is 10.0. The molecule has 0 aliphatic heterocycles. The largest absolute Gasteiger partial charge is 0.390 e. The summed E-state index contributed by atoms with van der Waals surface area (Å²) in [6.45, 7) is 2.02. The summed E-state index contributed by atoms with van der Waals surface area (Å²) < 4.78 is 12.6. The number of benzene rings is 1. The predicted molar refractivity (Wildman–Crippen MR) is 56.9 cm³/mol. The van der Waals surface area contributed by atoms with Crippen LogP contribution in [0.4, 0.5) is 4.39 Å². The minimum atomic E-state index is -0.919. The van der Waals surface area contributed by atoms with E-state index in [2.05, 4.69) is 0 Å². The Labute approximate surface area is 89.4 Å². The van der Waals surface area contributed by atoms with Gasteiger partial charge in [-0.05, 0) is 24.1 Å². The van der Waals surface area contributed by atoms with Gasteiger partial charge in [-0.3, -0.25) is 0 Å². The van der Waals surface area contributed by atoms with E-state index in [1.165, 1.54) is 24.3 Å². The van der Waals surface area contributed by atoms with Crippen molar-refractivity contribution in [1.82, 2.24) is 0 Å². The quantitative estimate of drug-likeness (QED) is 0.786. The lowest BCUT2D eigenvalue weighted by molar-refractivity contribution is 0.0122. The average Bonchev–Trinajstić information content (AvgIpc) is 2.26. The van der Waals surface area contributed by atoms with Crippen LogP contribution in [0, 0.1) is 5.82 Å². The Morgan fingerprint density at radius 3 is 2.33 bits per heavy atom. The van der Waals surface area contributed by atoms with Crippen LogP contribution in [0.15, 0.2) is 24.3 Å². The topological polar surface area (TPSA) is 40.5 Å². The molecule has 0 fully saturated rings. The van der Waals surface area contributed by atoms with E-state index in [9.17, 15) is 14.6 Å². The van der Waals surface area contributed by atoms with Crippen LogP contribution >= 0.6 is 0 Å². The molecule has 0 heterocycles. The number of hydrogen-bond donors (Lipinski definition) is 2. The van der Waals surface area contributed by atoms with E-state index in [-0.39, 0.29) is 5.82 Å². The van der Waals surface area contributed by atoms with Crippen molar-refractivity contribution in [2.45, 2.75) is 38.4 Å². The highest BCUT2D eigenvalue weighted by Gasteiger charge is 2.17. The molecule has 0 saturated heterocycles. The number of rotatable bonds is 5. The number of halogens is 1. The molecule has 2 atom stereocenters. The predicted octanol–water partition coefficient (Wildman–Crippen LogP) is 2.41. The molecule has 0 spiro atoms. The second-order valence-corrected chi connectivity index (χ2v) is 3.71. The third kappa shape index (κ3) is 3.61. The first-order valence-corrected chi connectivity index (χ1v) is 5.26. The fraction of sp³-hybridized carbons (Fsp3) is 0.500. The molecule has 0 aliphatic carbocycles. The van der Waals surface area contributed by atoms with Crippen molar-refractivity contribution >= 4 is 0 Å². The molecule has 0 amide bonds. The zero-order chi connectivity index (χ0) is 11.3. The molecular formula is C12H17FO2. The highest BCUT2D eigenvalue weighted by Crippen LogP contribution is 2.20. The highest BCUT2D eigenvalue weighted by atomic mass is 19.1. The van der Waals surface area contributed by atoms with Gasteiger partial charge in [0.2, 0.25) is 0 Å². The minimum Gasteiger partial charge on any atom is -0.390 e. The number of aliphatic hydroxyl groups excluding tert-OH is 2. The molecule has 0 aliphatic rings. The standard InChI is InChI=1S/C12H17FO2/c1-2-3-4-11(14)12(15)9-5-7-10(13)8-6-9/h5-8,11-12,14-15H,2-4H2,1H3/t11-,12-/m0/s1. The molecule has 0 unspecified atom stereocenters. The van der Waals surface area contributed by atoms with E-state index >= 15 is 0 Å². The summed E-state index contributed by atoms with van der Waals surface area (Å²) in [6.07, 6.45) is 0.731. The van der Waals surface area contributed by atoms with Crippen molar-refractivity contribution in [2.75, 3.05) is 0 Å². The number of unbranched alkanes of at least 4 members (excludes halogenated alkanes) is 1. The average molecular weight is 212 g/mol. The molecule has 15 heavy (non-hydrogen) atoms. The molecule has 3 heteroatoms. The lowest BCUT2D eigenvalue weighted by Crippen LogP contribution is -2.17. The molecule has 0 bridgehead atoms. The Morgan fingerprint density at radius 1 is 1.20 bits per heavy atom. The van der Waals surface area contributed by atoms with Crippen LogP contribution in [-0.2, 0) is 0 Å². The molecule has 1 aromatic rings. The molecule has 2 N–H and O–H groups in total. The summed E-state index contributed by atoms with van der Waals surface area (Å²) in [5.41, 5.74) is 0.556. The molecule has 0 saturated carbocycles. The van der Waals surface area contributed by atoms with E-state index < -0.39 is 12.2 Å². The van der Waals surface area contributed by atoms with Crippen LogP contribution in [0.1, 0.15) is 37.9 Å². The van der Waals surface area contributed by atoms with Gasteiger partial charge in [0.15, 0.2) is 0 Å². The monoisotopic (exact) mass is 212 g/mol. The summed E-state index contributed by atoms with van der Waals surface area (Å²) in [5.74, 6) is -0.339. The van der Waals surface area contributed by atoms with Crippen molar-refractivity contribution < 1.29 is 14.6 Å². The van der Waals surface area contributed by atoms with Crippen molar-refractivity contribution in [3.63, 3.8) is 0 Å². The Bertz CT molecular complexity index is 284. The van der Waals surface area contributed by atoms with E-state index in [0.29, 0.717) is 12.0 Å². The maximum absolute atomic E-state index is 12.6. The first-order valence-electron chi connectivity index (χ1n) is 5.26. The first kappa shape index (κ1) is 12.1. The van der Waals surface area contributed by atoms with Crippen LogP contribution in [0.2, 0.25) is 0 Å². The summed E-state index contributed by atoms with van der Waals surface area (Å²) in [5, 5.41) is 19.4. The maximum atomic E-state index is 12.6. The van der Waals surface area contributed by atoms with Crippen molar-refractivity contribution in [1.29, 1.82) is 0 Å². The van der Waals surface area contributed by atoms with Crippen LogP contribution < -0.4 is 0 Å². The zero-order valence-electron chi connectivity index (χ0n) is 8.86. The third-order valence-corrected chi connectivity index (χ3v) is 2.43. The second-order valence-electron chi connectivity index (χ2n) is 3.71. The Balaban J connectivity index is 2.59. The van der Waals surface area contributed by atoms with Gasteiger partial charge in [0.1, 0.15) is 11.9 Å². The Kier molecular flexibility index (Phi) is 4.72. The van der Waals surface area contributed by atoms with Gasteiger partial charge in [-0.15, -0.1) is 0 Å². The van der Waals surface area contributed by atoms with E-state index in [0.717, 1.165) is 12.8 Å². The Hall–Kier alpha value is -0.930. The van der Waals surface area contributed by atoms with Crippen LogP contribution in [-0.4, -0.2) is 16.3 Å². The van der Waals surface area contributed by atoms with Crippen LogP contribution in [0.25, 0.3) is 0 Å². The van der Waals surface area contributed by atoms with Gasteiger partial charge in [-0.25, -0.2) is 4.39 Å². The van der Waals surface area contributed by atoms with Gasteiger partial charge in [0, 0.05) is 0 Å². The Morgan fingerprint density at radius 2 is 1.80 bits per heavy atom. The van der Waals surface area contributed by atoms with Crippen molar-refractivity contribution in [3.8, 4) is 0 Å². The SMILES string of the molecule is CCCC[C@H](O)[C@@H](O)c1ccc(F)cc1. The highest BCUT2D eigenvalue weighted by molar-refractivity contribution is 5.19. The normalized spacial score (nSPS) is 14.9. The van der Waals surface area contributed by atoms with E-state index in [1.54, 1.807) is 0 Å². The zero-order valence-corrected chi connectivity index (χ0v) is 8.86. The van der Waals surface area contributed by atoms with Crippen molar-refractivity contribution in [3.05, 3.63) is 35.6 Å². The fourth-order valence-electron chi connectivity index (χ4n) is 1.45. The number of hydrogen-bond acceptors (Lipinski definition) is 2. The van der Waals surface area contributed by atoms with Gasteiger partial charge in [-0.1, -0.05) is 31.9 Å². The molecule has 84 valence electrons. The van der Waals surface area contributed by atoms with E-state index in [4.69, 9.17) is 0 Å². The van der Waals surface area contributed by atoms with E-state index in [1.807, 2.05) is 6.92 Å². The maximum Gasteiger partial charge on any atom is 0.123 e. The van der Waals surface area contributed by atoms with Crippen LogP contribution in [0.5, 0.6) is 0 Å². The second kappa shape index (κ2) is 5.83. The molecule has 1 aromatic carbocycles. The van der Waals surface area contributed by atoms with Gasteiger partial charge < -0.3 is 10.2 Å². The summed E-state index contributed by atoms with van der Waals surface area (Å²) in [4.78, 5) is 0. The minimum absolute atomic E-state index is 0.339. The fourth-order valence-corrected chi connectivity index (χ4v) is 1.45. The molecule has 0 aromatic heterocycles. The summed E-state index contributed by atoms with van der Waals surface area (Å²) >= 11 is 0. The van der Waals surface area contributed by atoms with Crippen molar-refractivity contribution in [2.24, 2.45) is 0 Å². The summed E-state index contributed by atoms with van der Waals surface area (Å²) in [7, 11) is 0. The summed E-state index contributed by atoms with van der Waals surface area (Å²) in [6, 6.07) is 5.56. The van der Waals surface area contributed by atoms with Gasteiger partial charge in [0.05, 0.1) is 6.10 Å². The number of aliphatic hydroxyl groups is 2. The first-order chi connectivity index (χ1) is 7.15. The molecular weight excluding hydrogens is 195 g/mol. The van der Waals surface area contributed by atoms with Gasteiger partial charge in [0.25, 0.3) is 0 Å². The van der Waals surface area contributed by atoms with Crippen LogP contribution in [0.3, 0.4) is 0 Å². The molecule has 2 nitrogen and oxygen atoms in total. The lowest BCUT2D eigenvalue weighted by Gasteiger charge is -2.17. The van der Waals surface area contributed by atoms with Gasteiger partial charge >= 0.3 is 0 Å². The smallest absolute Gasteiger partial charge is 0.123 e. The van der Waals surface area contributed by atoms with Gasteiger partial charge in [-0.2, -0.15) is 0 Å². The molecule has 0 radical (unpaired) electrons. The molecule has 1 rings (SSSR count). The third-order valence-electron chi connectivity index (χ3n) is 2.43.